The monoisotopic (exact) mass is 248 g/mol. The Balaban J connectivity index is 2.32. The molecule has 102 valence electrons. The molecular formula is C16H28N2. The molecule has 1 unspecified atom stereocenters. The van der Waals surface area contributed by atoms with E-state index in [0.717, 1.165) is 17.8 Å². The third-order valence-electron chi connectivity index (χ3n) is 3.66. The number of rotatable bonds is 9. The van der Waals surface area contributed by atoms with Crippen LogP contribution >= 0.6 is 0 Å². The smallest absolute Gasteiger partial charge is 0.0663 e. The minimum Gasteiger partial charge on any atom is -0.397 e. The third-order valence-corrected chi connectivity index (χ3v) is 3.66. The molecule has 18 heavy (non-hydrogen) atoms. The maximum absolute atomic E-state index is 6.00. The van der Waals surface area contributed by atoms with Gasteiger partial charge in [-0.25, -0.2) is 0 Å². The summed E-state index contributed by atoms with van der Waals surface area (Å²) in [5, 5.41) is 0. The molecule has 1 rings (SSSR count). The van der Waals surface area contributed by atoms with Crippen LogP contribution in [0.3, 0.4) is 0 Å². The Morgan fingerprint density at radius 3 is 2.50 bits per heavy atom. The second-order valence-corrected chi connectivity index (χ2v) is 5.14. The average molecular weight is 248 g/mol. The van der Waals surface area contributed by atoms with E-state index in [1.165, 1.54) is 44.9 Å². The molecule has 0 aromatic carbocycles. The topological polar surface area (TPSA) is 38.9 Å². The first kappa shape index (κ1) is 15.0. The van der Waals surface area contributed by atoms with Crippen molar-refractivity contribution >= 4 is 5.69 Å². The van der Waals surface area contributed by atoms with E-state index < -0.39 is 0 Å². The van der Waals surface area contributed by atoms with Crippen molar-refractivity contribution in [2.45, 2.75) is 71.1 Å². The van der Waals surface area contributed by atoms with Gasteiger partial charge in [0.1, 0.15) is 0 Å². The van der Waals surface area contributed by atoms with Crippen LogP contribution in [0.5, 0.6) is 0 Å². The summed E-state index contributed by atoms with van der Waals surface area (Å²) in [5.74, 6) is 0.539. The predicted octanol–water partition coefficient (Wildman–Crippen LogP) is 4.91. The molecule has 0 aliphatic carbocycles. The van der Waals surface area contributed by atoms with E-state index in [2.05, 4.69) is 18.8 Å². The molecule has 0 saturated heterocycles. The molecule has 2 heteroatoms. The number of nitrogens with zero attached hydrogens (tertiary/aromatic N) is 1. The molecule has 2 N–H and O–H groups in total. The second-order valence-electron chi connectivity index (χ2n) is 5.14. The highest BCUT2D eigenvalue weighted by Crippen LogP contribution is 2.28. The highest BCUT2D eigenvalue weighted by Gasteiger charge is 2.12. The van der Waals surface area contributed by atoms with Crippen LogP contribution in [0.4, 0.5) is 5.69 Å². The fourth-order valence-corrected chi connectivity index (χ4v) is 2.48. The van der Waals surface area contributed by atoms with Gasteiger partial charge in [0, 0.05) is 12.1 Å². The van der Waals surface area contributed by atoms with Crippen LogP contribution in [0.1, 0.15) is 76.8 Å². The zero-order valence-corrected chi connectivity index (χ0v) is 12.0. The predicted molar refractivity (Wildman–Crippen MR) is 79.7 cm³/mol. The van der Waals surface area contributed by atoms with Crippen molar-refractivity contribution < 1.29 is 0 Å². The van der Waals surface area contributed by atoms with E-state index in [-0.39, 0.29) is 0 Å². The molecule has 1 atom stereocenters. The van der Waals surface area contributed by atoms with Gasteiger partial charge in [0.2, 0.25) is 0 Å². The van der Waals surface area contributed by atoms with Gasteiger partial charge in [0.15, 0.2) is 0 Å². The SMILES string of the molecule is CCCCCCCCC(CC)c1ncccc1N. The zero-order chi connectivity index (χ0) is 13.2. The van der Waals surface area contributed by atoms with Crippen molar-refractivity contribution in [1.29, 1.82) is 0 Å². The van der Waals surface area contributed by atoms with Gasteiger partial charge in [-0.05, 0) is 25.0 Å². The molecule has 0 fully saturated rings. The molecule has 0 radical (unpaired) electrons. The lowest BCUT2D eigenvalue weighted by molar-refractivity contribution is 0.523. The standard InChI is InChI=1S/C16H28N2/c1-3-5-6-7-8-9-11-14(4-2)16-15(17)12-10-13-18-16/h10,12-14H,3-9,11,17H2,1-2H3. The number of aromatic nitrogens is 1. The van der Waals surface area contributed by atoms with Gasteiger partial charge in [-0.3, -0.25) is 4.98 Å². The summed E-state index contributed by atoms with van der Waals surface area (Å²) in [4.78, 5) is 4.45. The normalized spacial score (nSPS) is 12.6. The minimum absolute atomic E-state index is 0.539. The van der Waals surface area contributed by atoms with Crippen molar-refractivity contribution in [2.24, 2.45) is 0 Å². The molecule has 1 aromatic rings. The summed E-state index contributed by atoms with van der Waals surface area (Å²) >= 11 is 0. The summed E-state index contributed by atoms with van der Waals surface area (Å²) in [7, 11) is 0. The fourth-order valence-electron chi connectivity index (χ4n) is 2.48. The molecule has 0 aliphatic heterocycles. The van der Waals surface area contributed by atoms with Gasteiger partial charge in [0.25, 0.3) is 0 Å². The molecule has 1 aromatic heterocycles. The van der Waals surface area contributed by atoms with E-state index in [1.807, 2.05) is 18.3 Å². The summed E-state index contributed by atoms with van der Waals surface area (Å²) in [5.41, 5.74) is 7.97. The van der Waals surface area contributed by atoms with Gasteiger partial charge in [-0.2, -0.15) is 0 Å². The Morgan fingerprint density at radius 2 is 1.83 bits per heavy atom. The first-order chi connectivity index (χ1) is 8.79. The molecule has 0 saturated carbocycles. The number of hydrogen-bond donors (Lipinski definition) is 1. The van der Waals surface area contributed by atoms with Crippen LogP contribution in [-0.2, 0) is 0 Å². The van der Waals surface area contributed by atoms with E-state index in [9.17, 15) is 0 Å². The van der Waals surface area contributed by atoms with Gasteiger partial charge >= 0.3 is 0 Å². The second kappa shape index (κ2) is 8.96. The first-order valence-electron chi connectivity index (χ1n) is 7.50. The lowest BCUT2D eigenvalue weighted by atomic mass is 9.93. The summed E-state index contributed by atoms with van der Waals surface area (Å²) < 4.78 is 0. The number of hydrogen-bond acceptors (Lipinski definition) is 2. The number of nitrogens with two attached hydrogens (primary N) is 1. The maximum Gasteiger partial charge on any atom is 0.0663 e. The van der Waals surface area contributed by atoms with E-state index >= 15 is 0 Å². The highest BCUT2D eigenvalue weighted by atomic mass is 14.7. The van der Waals surface area contributed by atoms with Crippen LogP contribution < -0.4 is 5.73 Å². The summed E-state index contributed by atoms with van der Waals surface area (Å²) in [6.07, 6.45) is 12.3. The molecule has 0 bridgehead atoms. The summed E-state index contributed by atoms with van der Waals surface area (Å²) in [6.45, 7) is 4.49. The average Bonchev–Trinajstić information content (AvgIpc) is 2.39. The van der Waals surface area contributed by atoms with Crippen LogP contribution in [0.15, 0.2) is 18.3 Å². The Bertz CT molecular complexity index is 323. The number of unbranched alkanes of at least 4 members (excludes halogenated alkanes) is 5. The first-order valence-corrected chi connectivity index (χ1v) is 7.50. The van der Waals surface area contributed by atoms with Crippen LogP contribution in [0.25, 0.3) is 0 Å². The largest absolute Gasteiger partial charge is 0.397 e. The molecule has 0 aliphatic rings. The van der Waals surface area contributed by atoms with Crippen molar-refractivity contribution in [3.8, 4) is 0 Å². The van der Waals surface area contributed by atoms with E-state index in [0.29, 0.717) is 5.92 Å². The third kappa shape index (κ3) is 5.07. The van der Waals surface area contributed by atoms with Crippen molar-refractivity contribution in [3.63, 3.8) is 0 Å². The molecule has 2 nitrogen and oxygen atoms in total. The van der Waals surface area contributed by atoms with Crippen LogP contribution in [0, 0.1) is 0 Å². The number of nitrogen functional groups attached to an aromatic ring is 1. The Labute approximate surface area is 112 Å². The van der Waals surface area contributed by atoms with Crippen molar-refractivity contribution in [1.82, 2.24) is 4.98 Å². The Hall–Kier alpha value is -1.05. The fraction of sp³-hybridized carbons (Fsp3) is 0.688. The minimum atomic E-state index is 0.539. The highest BCUT2D eigenvalue weighted by molar-refractivity contribution is 5.43. The lowest BCUT2D eigenvalue weighted by Gasteiger charge is -2.15. The Morgan fingerprint density at radius 1 is 1.11 bits per heavy atom. The molecule has 0 spiro atoms. The quantitative estimate of drug-likeness (QED) is 0.631. The van der Waals surface area contributed by atoms with E-state index in [1.54, 1.807) is 0 Å². The van der Waals surface area contributed by atoms with Gasteiger partial charge < -0.3 is 5.73 Å². The number of anilines is 1. The van der Waals surface area contributed by atoms with Gasteiger partial charge in [-0.15, -0.1) is 0 Å². The van der Waals surface area contributed by atoms with E-state index in [4.69, 9.17) is 5.73 Å². The number of pyridine rings is 1. The molecule has 1 heterocycles. The van der Waals surface area contributed by atoms with Gasteiger partial charge in [-0.1, -0.05) is 52.4 Å². The van der Waals surface area contributed by atoms with Gasteiger partial charge in [0.05, 0.1) is 11.4 Å². The molecule has 0 amide bonds. The zero-order valence-electron chi connectivity index (χ0n) is 12.0. The van der Waals surface area contributed by atoms with Crippen molar-refractivity contribution in [2.75, 3.05) is 5.73 Å². The van der Waals surface area contributed by atoms with Crippen LogP contribution in [-0.4, -0.2) is 4.98 Å². The Kier molecular flexibility index (Phi) is 7.47. The molecular weight excluding hydrogens is 220 g/mol. The van der Waals surface area contributed by atoms with Crippen LogP contribution in [0.2, 0.25) is 0 Å². The summed E-state index contributed by atoms with van der Waals surface area (Å²) in [6, 6.07) is 3.88. The van der Waals surface area contributed by atoms with Crippen molar-refractivity contribution in [3.05, 3.63) is 24.0 Å². The lowest BCUT2D eigenvalue weighted by Crippen LogP contribution is -2.04. The maximum atomic E-state index is 6.00.